The molecule has 5 N–H and O–H groups in total. The van der Waals surface area contributed by atoms with Gasteiger partial charge < -0.3 is 50.0 Å². The van der Waals surface area contributed by atoms with E-state index in [2.05, 4.69) is 14.1 Å². The minimum Gasteiger partial charge on any atom is -1.00 e. The standard InChI is InChI=1S/C23H32N2O4.2ClH/c1-17(23(28)19-5-9-20(26)10-6-19)24-14-13-22(27)18-7-11-21(12-8-18)29-16-4-15-25(2)3;;/h5-12,17,23-24,26,28H,4,13-16H2,1-3H3;2*1H. The Morgan fingerprint density at radius 1 is 1.06 bits per heavy atom. The van der Waals surface area contributed by atoms with Crippen LogP contribution in [0.15, 0.2) is 48.5 Å². The largest absolute Gasteiger partial charge is 1.00 e. The van der Waals surface area contributed by atoms with E-state index in [0.717, 1.165) is 24.3 Å². The number of phenolic OH excluding ortho intramolecular Hbond substituents is 1. The minimum absolute atomic E-state index is 0. The first-order valence-electron chi connectivity index (χ1n) is 10.2. The van der Waals surface area contributed by atoms with Crippen LogP contribution in [0, 0.1) is 0 Å². The van der Waals surface area contributed by atoms with Gasteiger partial charge in [0.05, 0.1) is 40.2 Å². The summed E-state index contributed by atoms with van der Waals surface area (Å²) >= 11 is 0. The lowest BCUT2D eigenvalue weighted by molar-refractivity contribution is -0.858. The number of hydrogen-bond donors (Lipinski definition) is 4. The second kappa shape index (κ2) is 15.1. The van der Waals surface area contributed by atoms with Crippen molar-refractivity contribution in [2.24, 2.45) is 0 Å². The highest BCUT2D eigenvalue weighted by Crippen LogP contribution is 2.18. The molecule has 0 bridgehead atoms. The molecule has 0 amide bonds. The molecule has 8 heteroatoms. The van der Waals surface area contributed by atoms with Crippen LogP contribution in [-0.2, 0) is 0 Å². The van der Waals surface area contributed by atoms with E-state index >= 15 is 0 Å². The first-order valence-corrected chi connectivity index (χ1v) is 10.2. The van der Waals surface area contributed by atoms with Gasteiger partial charge in [0.1, 0.15) is 23.6 Å². The van der Waals surface area contributed by atoms with Crippen LogP contribution >= 0.6 is 0 Å². The average molecular weight is 473 g/mol. The van der Waals surface area contributed by atoms with E-state index in [-0.39, 0.29) is 42.4 Å². The molecule has 2 rings (SSSR count). The second-order valence-corrected chi connectivity index (χ2v) is 7.78. The maximum atomic E-state index is 12.4. The van der Waals surface area contributed by atoms with Crippen molar-refractivity contribution >= 4 is 5.78 Å². The molecule has 0 radical (unpaired) electrons. The fraction of sp³-hybridized carbons (Fsp3) is 0.435. The minimum atomic E-state index is -0.656. The summed E-state index contributed by atoms with van der Waals surface area (Å²) in [6.45, 7) is 4.26. The maximum absolute atomic E-state index is 12.4. The molecule has 2 unspecified atom stereocenters. The number of aromatic hydroxyl groups is 1. The summed E-state index contributed by atoms with van der Waals surface area (Å²) in [5.41, 5.74) is 1.43. The smallest absolute Gasteiger partial charge is 0.168 e. The van der Waals surface area contributed by atoms with Crippen LogP contribution in [0.3, 0.4) is 0 Å². The quantitative estimate of drug-likeness (QED) is 0.183. The van der Waals surface area contributed by atoms with E-state index < -0.39 is 6.10 Å². The van der Waals surface area contributed by atoms with Gasteiger partial charge in [-0.15, -0.1) is 0 Å². The van der Waals surface area contributed by atoms with Gasteiger partial charge in [-0.1, -0.05) is 12.1 Å². The summed E-state index contributed by atoms with van der Waals surface area (Å²) in [4.78, 5) is 13.8. The summed E-state index contributed by atoms with van der Waals surface area (Å²) in [5, 5.41) is 21.7. The molecular weight excluding hydrogens is 439 g/mol. The number of quaternary nitrogens is 2. The number of aliphatic hydroxyl groups is 1. The van der Waals surface area contributed by atoms with E-state index in [9.17, 15) is 15.0 Å². The highest BCUT2D eigenvalue weighted by Gasteiger charge is 2.19. The Bertz CT molecular complexity index is 755. The molecule has 0 saturated heterocycles. The van der Waals surface area contributed by atoms with Gasteiger partial charge in [-0.25, -0.2) is 0 Å². The van der Waals surface area contributed by atoms with Crippen molar-refractivity contribution in [3.05, 3.63) is 59.7 Å². The van der Waals surface area contributed by atoms with E-state index in [1.807, 2.05) is 36.5 Å². The Labute approximate surface area is 197 Å². The Kier molecular flexibility index (Phi) is 14.2. The third-order valence-corrected chi connectivity index (χ3v) is 4.91. The highest BCUT2D eigenvalue weighted by atomic mass is 35.5. The van der Waals surface area contributed by atoms with Crippen LogP contribution in [0.2, 0.25) is 0 Å². The summed E-state index contributed by atoms with van der Waals surface area (Å²) in [6, 6.07) is 13.8. The van der Waals surface area contributed by atoms with Crippen LogP contribution in [0.1, 0.15) is 41.8 Å². The number of ketones is 1. The summed E-state index contributed by atoms with van der Waals surface area (Å²) in [6.07, 6.45) is 0.738. The van der Waals surface area contributed by atoms with E-state index in [1.54, 1.807) is 24.3 Å². The average Bonchev–Trinajstić information content (AvgIpc) is 2.71. The first-order chi connectivity index (χ1) is 13.9. The van der Waals surface area contributed by atoms with Crippen molar-refractivity contribution < 1.29 is 54.8 Å². The van der Waals surface area contributed by atoms with Crippen molar-refractivity contribution in [1.82, 2.24) is 0 Å². The maximum Gasteiger partial charge on any atom is 0.168 e. The number of aliphatic hydroxyl groups excluding tert-OH is 1. The molecule has 174 valence electrons. The molecule has 2 atom stereocenters. The number of rotatable bonds is 12. The number of Topliss-reactive ketones (excluding diaryl/α,β-unsaturated/α-hetero) is 1. The Hall–Kier alpha value is -1.83. The lowest BCUT2D eigenvalue weighted by Crippen LogP contribution is -3.05. The Morgan fingerprint density at radius 2 is 1.68 bits per heavy atom. The third-order valence-electron chi connectivity index (χ3n) is 4.91. The fourth-order valence-electron chi connectivity index (χ4n) is 3.08. The Balaban J connectivity index is 0.00000450. The normalized spacial score (nSPS) is 12.4. The van der Waals surface area contributed by atoms with Gasteiger partial charge in [0.25, 0.3) is 0 Å². The summed E-state index contributed by atoms with van der Waals surface area (Å²) < 4.78 is 5.71. The predicted octanol–water partition coefficient (Wildman–Crippen LogP) is -5.43. The molecule has 6 nitrogen and oxygen atoms in total. The predicted molar refractivity (Wildman–Crippen MR) is 113 cm³/mol. The second-order valence-electron chi connectivity index (χ2n) is 7.78. The molecule has 2 aromatic rings. The van der Waals surface area contributed by atoms with Gasteiger partial charge in [-0.3, -0.25) is 4.79 Å². The van der Waals surface area contributed by atoms with Gasteiger partial charge in [0.15, 0.2) is 5.78 Å². The van der Waals surface area contributed by atoms with Crippen LogP contribution < -0.4 is 39.8 Å². The number of nitrogens with one attached hydrogen (secondary N) is 1. The summed E-state index contributed by atoms with van der Waals surface area (Å²) in [5.74, 6) is 1.04. The molecule has 0 fully saturated rings. The van der Waals surface area contributed by atoms with Crippen LogP contribution in [-0.4, -0.2) is 55.8 Å². The zero-order chi connectivity index (χ0) is 21.2. The van der Waals surface area contributed by atoms with Gasteiger partial charge in [-0.05, 0) is 48.9 Å². The molecule has 2 aromatic carbocycles. The van der Waals surface area contributed by atoms with Gasteiger partial charge in [0, 0.05) is 12.0 Å². The van der Waals surface area contributed by atoms with Crippen molar-refractivity contribution in [3.63, 3.8) is 0 Å². The zero-order valence-corrected chi connectivity index (χ0v) is 19.9. The highest BCUT2D eigenvalue weighted by molar-refractivity contribution is 5.96. The number of phenols is 1. The lowest BCUT2D eigenvalue weighted by Gasteiger charge is -2.17. The van der Waals surface area contributed by atoms with Crippen LogP contribution in [0.4, 0.5) is 0 Å². The van der Waals surface area contributed by atoms with Gasteiger partial charge in [-0.2, -0.15) is 0 Å². The molecule has 0 heterocycles. The van der Waals surface area contributed by atoms with Crippen molar-refractivity contribution in [3.8, 4) is 11.5 Å². The third kappa shape index (κ3) is 10.4. The van der Waals surface area contributed by atoms with E-state index in [1.165, 1.54) is 4.90 Å². The molecular formula is C23H34Cl2N2O4. The molecule has 0 aliphatic carbocycles. The number of hydrogen-bond acceptors (Lipinski definition) is 4. The number of carbonyl (C=O) groups excluding carboxylic acids is 1. The molecule has 31 heavy (non-hydrogen) atoms. The van der Waals surface area contributed by atoms with Gasteiger partial charge >= 0.3 is 0 Å². The molecule has 0 saturated carbocycles. The number of benzene rings is 2. The van der Waals surface area contributed by atoms with Crippen LogP contribution in [0.5, 0.6) is 11.5 Å². The molecule has 0 aliphatic heterocycles. The zero-order valence-electron chi connectivity index (χ0n) is 18.4. The molecule has 0 spiro atoms. The lowest BCUT2D eigenvalue weighted by atomic mass is 10.0. The Morgan fingerprint density at radius 3 is 2.26 bits per heavy atom. The summed E-state index contributed by atoms with van der Waals surface area (Å²) in [7, 11) is 4.24. The van der Waals surface area contributed by atoms with E-state index in [0.29, 0.717) is 25.1 Å². The van der Waals surface area contributed by atoms with Crippen LogP contribution in [0.25, 0.3) is 0 Å². The number of carbonyl (C=O) groups is 1. The van der Waals surface area contributed by atoms with Crippen molar-refractivity contribution in [2.75, 3.05) is 33.8 Å². The number of halogens is 2. The van der Waals surface area contributed by atoms with Gasteiger partial charge in [0.2, 0.25) is 0 Å². The SMILES string of the molecule is CC([NH2+]CCC(=O)c1ccc(OCCC[NH+](C)C)cc1)C(O)c1ccc(O)cc1.[Cl-].[Cl-]. The fourth-order valence-corrected chi connectivity index (χ4v) is 3.08. The molecule has 0 aliphatic rings. The topological polar surface area (TPSA) is 87.8 Å². The molecule has 0 aromatic heterocycles. The number of nitrogens with two attached hydrogens (primary N) is 1. The van der Waals surface area contributed by atoms with Crippen molar-refractivity contribution in [1.29, 1.82) is 0 Å². The number of ether oxygens (including phenoxy) is 1. The van der Waals surface area contributed by atoms with Crippen molar-refractivity contribution in [2.45, 2.75) is 31.9 Å². The van der Waals surface area contributed by atoms with E-state index in [4.69, 9.17) is 4.74 Å². The first kappa shape index (κ1) is 29.2. The monoisotopic (exact) mass is 472 g/mol.